The lowest BCUT2D eigenvalue weighted by Gasteiger charge is -2.57. The first-order valence-corrected chi connectivity index (χ1v) is 11.4. The highest BCUT2D eigenvalue weighted by Crippen LogP contribution is 2.42. The van der Waals surface area contributed by atoms with Crippen LogP contribution < -0.4 is 0 Å². The monoisotopic (exact) mass is 405 g/mol. The van der Waals surface area contributed by atoms with E-state index in [4.69, 9.17) is 0 Å². The third kappa shape index (κ3) is 3.54. The fourth-order valence-electron chi connectivity index (χ4n) is 5.50. The van der Waals surface area contributed by atoms with Crippen molar-refractivity contribution in [2.75, 3.05) is 26.2 Å². The molecule has 1 amide bonds. The van der Waals surface area contributed by atoms with Crippen molar-refractivity contribution in [2.45, 2.75) is 50.1 Å². The first-order valence-electron chi connectivity index (χ1n) is 11.4. The Kier molecular flexibility index (Phi) is 5.57. The van der Waals surface area contributed by atoms with Crippen LogP contribution in [-0.2, 0) is 4.79 Å². The zero-order valence-electron chi connectivity index (χ0n) is 17.5. The van der Waals surface area contributed by atoms with E-state index in [0.29, 0.717) is 11.9 Å². The lowest BCUT2D eigenvalue weighted by Crippen LogP contribution is -2.68. The second kappa shape index (κ2) is 8.48. The summed E-state index contributed by atoms with van der Waals surface area (Å²) in [5, 5.41) is 10.1. The second-order valence-corrected chi connectivity index (χ2v) is 9.06. The fourth-order valence-corrected chi connectivity index (χ4v) is 5.50. The van der Waals surface area contributed by atoms with Crippen LogP contribution in [0.25, 0.3) is 11.1 Å². The average Bonchev–Trinajstić information content (AvgIpc) is 2.72. The molecule has 0 spiro atoms. The molecule has 1 aromatic carbocycles. The molecule has 2 saturated heterocycles. The predicted octanol–water partition coefficient (Wildman–Crippen LogP) is 3.30. The van der Waals surface area contributed by atoms with Crippen molar-refractivity contribution in [1.29, 1.82) is 0 Å². The van der Waals surface area contributed by atoms with E-state index in [-0.39, 0.29) is 24.5 Å². The van der Waals surface area contributed by atoms with Gasteiger partial charge in [0.2, 0.25) is 5.91 Å². The number of aliphatic hydroxyl groups excluding tert-OH is 1. The summed E-state index contributed by atoms with van der Waals surface area (Å²) in [6, 6.07) is 13.3. The molecule has 158 valence electrons. The van der Waals surface area contributed by atoms with E-state index in [2.05, 4.69) is 39.0 Å². The highest BCUT2D eigenvalue weighted by atomic mass is 16.3. The number of carbonyl (C=O) groups excluding carboxylic acids is 1. The molecule has 0 unspecified atom stereocenters. The smallest absolute Gasteiger partial charge is 0.225 e. The molecule has 5 heteroatoms. The van der Waals surface area contributed by atoms with Crippen LogP contribution in [0.4, 0.5) is 0 Å². The summed E-state index contributed by atoms with van der Waals surface area (Å²) in [5.74, 6) is 0.892. The van der Waals surface area contributed by atoms with Gasteiger partial charge < -0.3 is 10.0 Å². The van der Waals surface area contributed by atoms with Crippen LogP contribution in [0.2, 0.25) is 0 Å². The van der Waals surface area contributed by atoms with Crippen LogP contribution in [0.1, 0.15) is 43.6 Å². The van der Waals surface area contributed by atoms with Gasteiger partial charge in [-0.05, 0) is 61.1 Å². The summed E-state index contributed by atoms with van der Waals surface area (Å²) in [6.07, 6.45) is 9.10. The summed E-state index contributed by atoms with van der Waals surface area (Å²) < 4.78 is 0. The zero-order valence-corrected chi connectivity index (χ0v) is 17.5. The van der Waals surface area contributed by atoms with Gasteiger partial charge in [0, 0.05) is 49.4 Å². The normalized spacial score (nSPS) is 27.4. The van der Waals surface area contributed by atoms with Crippen molar-refractivity contribution in [3.63, 3.8) is 0 Å². The lowest BCUT2D eigenvalue weighted by molar-refractivity contribution is -0.143. The van der Waals surface area contributed by atoms with Crippen LogP contribution in [0.5, 0.6) is 0 Å². The summed E-state index contributed by atoms with van der Waals surface area (Å²) in [7, 11) is 0. The molecule has 3 fully saturated rings. The Hall–Kier alpha value is -2.24. The van der Waals surface area contributed by atoms with Gasteiger partial charge >= 0.3 is 0 Å². The Morgan fingerprint density at radius 1 is 0.967 bits per heavy atom. The molecule has 2 aliphatic heterocycles. The van der Waals surface area contributed by atoms with Crippen molar-refractivity contribution in [3.8, 4) is 11.1 Å². The second-order valence-electron chi connectivity index (χ2n) is 9.06. The standard InChI is InChI=1S/C25H31N3O2/c29-17-23-24(20-8-6-18(7-9-20)19-10-12-26-13-11-19)22-16-27(14-1-2-15-28(22)23)25(30)21-4-3-5-21/h6-13,21-24,29H,1-5,14-17H2/t22-,23+,24+/m0/s1. The first-order chi connectivity index (χ1) is 14.8. The Balaban J connectivity index is 1.37. The van der Waals surface area contributed by atoms with Gasteiger partial charge in [0.1, 0.15) is 0 Å². The minimum atomic E-state index is 0.153. The number of amides is 1. The number of aliphatic hydroxyl groups is 1. The van der Waals surface area contributed by atoms with E-state index < -0.39 is 0 Å². The third-order valence-corrected chi connectivity index (χ3v) is 7.45. The number of carbonyl (C=O) groups is 1. The van der Waals surface area contributed by atoms with Crippen LogP contribution in [0.15, 0.2) is 48.8 Å². The van der Waals surface area contributed by atoms with Crippen molar-refractivity contribution in [3.05, 3.63) is 54.4 Å². The molecule has 2 aromatic rings. The van der Waals surface area contributed by atoms with Gasteiger partial charge in [-0.3, -0.25) is 14.7 Å². The molecule has 3 atom stereocenters. The molecule has 3 heterocycles. The molecule has 0 radical (unpaired) electrons. The Morgan fingerprint density at radius 2 is 1.67 bits per heavy atom. The Bertz CT molecular complexity index is 866. The van der Waals surface area contributed by atoms with E-state index in [0.717, 1.165) is 50.9 Å². The summed E-state index contributed by atoms with van der Waals surface area (Å²) in [5.41, 5.74) is 3.61. The van der Waals surface area contributed by atoms with Crippen molar-refractivity contribution < 1.29 is 9.90 Å². The Morgan fingerprint density at radius 3 is 2.33 bits per heavy atom. The number of aromatic nitrogens is 1. The minimum Gasteiger partial charge on any atom is -0.395 e. The molecule has 5 nitrogen and oxygen atoms in total. The summed E-state index contributed by atoms with van der Waals surface area (Å²) in [4.78, 5) is 21.6. The summed E-state index contributed by atoms with van der Waals surface area (Å²) in [6.45, 7) is 2.87. The first kappa shape index (κ1) is 19.7. The fraction of sp³-hybridized carbons (Fsp3) is 0.520. The number of nitrogens with zero attached hydrogens (tertiary/aromatic N) is 3. The van der Waals surface area contributed by atoms with Gasteiger partial charge in [-0.15, -0.1) is 0 Å². The van der Waals surface area contributed by atoms with Crippen molar-refractivity contribution in [1.82, 2.24) is 14.8 Å². The number of hydrogen-bond donors (Lipinski definition) is 1. The van der Waals surface area contributed by atoms with Crippen LogP contribution >= 0.6 is 0 Å². The van der Waals surface area contributed by atoms with E-state index in [1.54, 1.807) is 0 Å². The largest absolute Gasteiger partial charge is 0.395 e. The van der Waals surface area contributed by atoms with Crippen LogP contribution in [-0.4, -0.2) is 64.1 Å². The third-order valence-electron chi connectivity index (χ3n) is 7.45. The number of rotatable bonds is 4. The SMILES string of the molecule is O=C(C1CCC1)N1CCCCN2[C@H](CO)[C@H](c3ccc(-c4ccncc4)cc3)[C@@H]2C1. The zero-order chi connectivity index (χ0) is 20.5. The van der Waals surface area contributed by atoms with Gasteiger partial charge in [-0.25, -0.2) is 0 Å². The van der Waals surface area contributed by atoms with Crippen LogP contribution in [0.3, 0.4) is 0 Å². The predicted molar refractivity (Wildman–Crippen MR) is 117 cm³/mol. The van der Waals surface area contributed by atoms with Gasteiger partial charge in [0.15, 0.2) is 0 Å². The lowest BCUT2D eigenvalue weighted by atomic mass is 9.74. The minimum absolute atomic E-state index is 0.153. The molecule has 1 aliphatic carbocycles. The topological polar surface area (TPSA) is 56.7 Å². The maximum atomic E-state index is 13.0. The van der Waals surface area contributed by atoms with Crippen molar-refractivity contribution in [2.24, 2.45) is 5.92 Å². The number of pyridine rings is 1. The molecule has 0 bridgehead atoms. The Labute approximate surface area is 178 Å². The van der Waals surface area contributed by atoms with E-state index in [9.17, 15) is 9.90 Å². The van der Waals surface area contributed by atoms with E-state index in [1.165, 1.54) is 17.5 Å². The molecule has 1 N–H and O–H groups in total. The maximum Gasteiger partial charge on any atom is 0.225 e. The maximum absolute atomic E-state index is 13.0. The molecular formula is C25H31N3O2. The van der Waals surface area contributed by atoms with Crippen molar-refractivity contribution >= 4 is 5.91 Å². The van der Waals surface area contributed by atoms with Gasteiger partial charge in [-0.2, -0.15) is 0 Å². The number of benzene rings is 1. The van der Waals surface area contributed by atoms with Gasteiger partial charge in [0.25, 0.3) is 0 Å². The number of fused-ring (bicyclic) bond motifs is 1. The number of hydrogen-bond acceptors (Lipinski definition) is 4. The average molecular weight is 406 g/mol. The quantitative estimate of drug-likeness (QED) is 0.848. The highest BCUT2D eigenvalue weighted by molar-refractivity contribution is 5.79. The molecule has 1 aromatic heterocycles. The van der Waals surface area contributed by atoms with Gasteiger partial charge in [0.05, 0.1) is 6.61 Å². The highest BCUT2D eigenvalue weighted by Gasteiger charge is 2.49. The molecule has 3 aliphatic rings. The van der Waals surface area contributed by atoms with Crippen LogP contribution in [0, 0.1) is 5.92 Å². The molecular weight excluding hydrogens is 374 g/mol. The molecule has 1 saturated carbocycles. The molecule has 30 heavy (non-hydrogen) atoms. The van der Waals surface area contributed by atoms with E-state index >= 15 is 0 Å². The molecule has 5 rings (SSSR count). The van der Waals surface area contributed by atoms with E-state index in [1.807, 2.05) is 24.5 Å². The summed E-state index contributed by atoms with van der Waals surface area (Å²) >= 11 is 0. The van der Waals surface area contributed by atoms with Gasteiger partial charge in [-0.1, -0.05) is 30.7 Å².